The van der Waals surface area contributed by atoms with Gasteiger partial charge in [-0.3, -0.25) is 9.36 Å². The van der Waals surface area contributed by atoms with Crippen molar-refractivity contribution in [2.45, 2.75) is 65.1 Å². The summed E-state index contributed by atoms with van der Waals surface area (Å²) in [6, 6.07) is 0. The summed E-state index contributed by atoms with van der Waals surface area (Å²) in [5, 5.41) is 0. The fourth-order valence-corrected chi connectivity index (χ4v) is 3.30. The van der Waals surface area contributed by atoms with Crippen molar-refractivity contribution in [1.29, 1.82) is 0 Å². The Hall–Kier alpha value is -1.89. The topological polar surface area (TPSA) is 81.9 Å². The van der Waals surface area contributed by atoms with Crippen molar-refractivity contribution in [3.63, 3.8) is 0 Å². The molecule has 1 aliphatic rings. The Morgan fingerprint density at radius 2 is 1.96 bits per heavy atom. The first-order valence-electron chi connectivity index (χ1n) is 8.48. The Balaban J connectivity index is 2.18. The van der Waals surface area contributed by atoms with Crippen molar-refractivity contribution in [2.24, 2.45) is 0 Å². The van der Waals surface area contributed by atoms with Crippen molar-refractivity contribution in [3.05, 3.63) is 26.7 Å². The molecule has 0 bridgehead atoms. The molecule has 1 fully saturated rings. The lowest BCUT2D eigenvalue weighted by atomic mass is 10.1. The molecule has 1 aliphatic carbocycles. The van der Waals surface area contributed by atoms with Crippen LogP contribution in [0.1, 0.15) is 57.7 Å². The molecule has 0 atom stereocenters. The van der Waals surface area contributed by atoms with Gasteiger partial charge in [-0.05, 0) is 26.2 Å². The van der Waals surface area contributed by atoms with Crippen LogP contribution in [-0.2, 0) is 18.0 Å². The highest BCUT2D eigenvalue weighted by molar-refractivity contribution is 5.70. The van der Waals surface area contributed by atoms with Crippen LogP contribution in [-0.4, -0.2) is 25.7 Å². The monoisotopic (exact) mass is 320 g/mol. The highest BCUT2D eigenvalue weighted by atomic mass is 16.5. The molecule has 1 N–H and O–H groups in total. The fraction of sp³-hybridized carbons (Fsp3) is 0.688. The van der Waals surface area contributed by atoms with Gasteiger partial charge in [0.15, 0.2) is 5.65 Å². The van der Waals surface area contributed by atoms with Crippen molar-refractivity contribution in [2.75, 3.05) is 6.61 Å². The molecular weight excluding hydrogens is 296 g/mol. The minimum atomic E-state index is -0.345. The maximum atomic E-state index is 12.6. The number of fused-ring (bicyclic) bond motifs is 1. The van der Waals surface area contributed by atoms with Crippen LogP contribution in [0, 0.1) is 0 Å². The third kappa shape index (κ3) is 2.85. The van der Waals surface area contributed by atoms with Gasteiger partial charge in [-0.2, -0.15) is 0 Å². The first-order chi connectivity index (χ1) is 11.2. The van der Waals surface area contributed by atoms with Crippen LogP contribution in [0.5, 0.6) is 0 Å². The van der Waals surface area contributed by atoms with Crippen molar-refractivity contribution < 1.29 is 4.74 Å². The lowest BCUT2D eigenvalue weighted by Gasteiger charge is -2.10. The maximum absolute atomic E-state index is 12.6. The zero-order chi connectivity index (χ0) is 16.4. The van der Waals surface area contributed by atoms with E-state index in [1.165, 1.54) is 12.8 Å². The predicted molar refractivity (Wildman–Crippen MR) is 87.7 cm³/mol. The quantitative estimate of drug-likeness (QED) is 0.882. The molecule has 3 rings (SSSR count). The molecular formula is C16H24N4O3. The van der Waals surface area contributed by atoms with Gasteiger partial charge in [0.2, 0.25) is 0 Å². The number of aromatic nitrogens is 4. The van der Waals surface area contributed by atoms with Crippen LogP contribution < -0.4 is 11.2 Å². The summed E-state index contributed by atoms with van der Waals surface area (Å²) in [6.07, 6.45) is 5.36. The van der Waals surface area contributed by atoms with E-state index in [1.807, 2.05) is 13.8 Å². The average molecular weight is 320 g/mol. The molecule has 1 saturated carbocycles. The van der Waals surface area contributed by atoms with Crippen LogP contribution >= 0.6 is 0 Å². The van der Waals surface area contributed by atoms with Gasteiger partial charge < -0.3 is 9.72 Å². The number of hydrogen-bond acceptors (Lipinski definition) is 4. The smallest absolute Gasteiger partial charge is 0.334 e. The number of H-pyrrole nitrogens is 1. The van der Waals surface area contributed by atoms with E-state index < -0.39 is 0 Å². The average Bonchev–Trinajstić information content (AvgIpc) is 3.20. The zero-order valence-electron chi connectivity index (χ0n) is 13.8. The summed E-state index contributed by atoms with van der Waals surface area (Å²) >= 11 is 0. The molecule has 0 aromatic carbocycles. The molecule has 0 radical (unpaired) electrons. The second kappa shape index (κ2) is 6.70. The third-order valence-electron chi connectivity index (χ3n) is 4.49. The number of aryl methyl sites for hydroxylation is 1. The van der Waals surface area contributed by atoms with Gasteiger partial charge in [0, 0.05) is 19.1 Å². The van der Waals surface area contributed by atoms with E-state index in [0.717, 1.165) is 29.7 Å². The van der Waals surface area contributed by atoms with Gasteiger partial charge in [-0.15, -0.1) is 0 Å². The molecule has 0 amide bonds. The predicted octanol–water partition coefficient (Wildman–Crippen LogP) is 1.95. The SMILES string of the molecule is CCCn1c(=O)n(COCC)c(=O)c2[nH]c(C3CCCC3)nc21. The lowest BCUT2D eigenvalue weighted by Crippen LogP contribution is -2.40. The van der Waals surface area contributed by atoms with E-state index in [4.69, 9.17) is 4.74 Å². The van der Waals surface area contributed by atoms with Crippen LogP contribution in [0.15, 0.2) is 9.59 Å². The molecule has 2 aromatic rings. The minimum Gasteiger partial charge on any atom is -0.361 e. The van der Waals surface area contributed by atoms with Crippen LogP contribution in [0.2, 0.25) is 0 Å². The summed E-state index contributed by atoms with van der Waals surface area (Å²) in [7, 11) is 0. The summed E-state index contributed by atoms with van der Waals surface area (Å²) < 4.78 is 8.02. The highest BCUT2D eigenvalue weighted by Crippen LogP contribution is 2.32. The van der Waals surface area contributed by atoms with E-state index >= 15 is 0 Å². The largest absolute Gasteiger partial charge is 0.361 e. The van der Waals surface area contributed by atoms with E-state index in [1.54, 1.807) is 4.57 Å². The van der Waals surface area contributed by atoms with E-state index in [0.29, 0.717) is 30.2 Å². The highest BCUT2D eigenvalue weighted by Gasteiger charge is 2.23. The lowest BCUT2D eigenvalue weighted by molar-refractivity contribution is 0.0815. The number of nitrogens with one attached hydrogen (secondary N) is 1. The van der Waals surface area contributed by atoms with Crippen LogP contribution in [0.25, 0.3) is 11.2 Å². The standard InChI is InChI=1S/C16H24N4O3/c1-3-9-19-14-12(15(21)20(16(19)22)10-23-4-2)17-13(18-14)11-7-5-6-8-11/h11H,3-10H2,1-2H3,(H,17,18). The first kappa shape index (κ1) is 16.0. The first-order valence-corrected chi connectivity index (χ1v) is 8.48. The van der Waals surface area contributed by atoms with Gasteiger partial charge >= 0.3 is 5.69 Å². The van der Waals surface area contributed by atoms with Crippen molar-refractivity contribution in [3.8, 4) is 0 Å². The molecule has 0 aliphatic heterocycles. The second-order valence-corrected chi connectivity index (χ2v) is 6.09. The molecule has 0 saturated heterocycles. The number of ether oxygens (including phenoxy) is 1. The summed E-state index contributed by atoms with van der Waals surface area (Å²) in [4.78, 5) is 33.1. The Morgan fingerprint density at radius 3 is 2.61 bits per heavy atom. The van der Waals surface area contributed by atoms with E-state index in [-0.39, 0.29) is 18.0 Å². The summed E-state index contributed by atoms with van der Waals surface area (Å²) in [6.45, 7) is 4.81. The van der Waals surface area contributed by atoms with E-state index in [2.05, 4.69) is 9.97 Å². The van der Waals surface area contributed by atoms with Gasteiger partial charge in [0.05, 0.1) is 0 Å². The fourth-order valence-electron chi connectivity index (χ4n) is 3.30. The van der Waals surface area contributed by atoms with Gasteiger partial charge in [-0.25, -0.2) is 14.3 Å². The molecule has 2 heterocycles. The number of imidazole rings is 1. The number of hydrogen-bond donors (Lipinski definition) is 1. The molecule has 23 heavy (non-hydrogen) atoms. The molecule has 7 nitrogen and oxygen atoms in total. The molecule has 126 valence electrons. The van der Waals surface area contributed by atoms with Crippen molar-refractivity contribution in [1.82, 2.24) is 19.1 Å². The van der Waals surface area contributed by atoms with Gasteiger partial charge in [0.25, 0.3) is 5.56 Å². The zero-order valence-corrected chi connectivity index (χ0v) is 13.8. The third-order valence-corrected chi connectivity index (χ3v) is 4.49. The summed E-state index contributed by atoms with van der Waals surface area (Å²) in [5.74, 6) is 1.21. The summed E-state index contributed by atoms with van der Waals surface area (Å²) in [5.41, 5.74) is 0.209. The Kier molecular flexibility index (Phi) is 4.66. The molecule has 7 heteroatoms. The Bertz CT molecular complexity index is 796. The second-order valence-electron chi connectivity index (χ2n) is 6.09. The Morgan fingerprint density at radius 1 is 1.22 bits per heavy atom. The number of aromatic amines is 1. The molecule has 0 unspecified atom stereocenters. The van der Waals surface area contributed by atoms with Crippen molar-refractivity contribution >= 4 is 11.2 Å². The van der Waals surface area contributed by atoms with E-state index in [9.17, 15) is 9.59 Å². The molecule has 0 spiro atoms. The van der Waals surface area contributed by atoms with Crippen LogP contribution in [0.3, 0.4) is 0 Å². The van der Waals surface area contributed by atoms with Crippen LogP contribution in [0.4, 0.5) is 0 Å². The van der Waals surface area contributed by atoms with Gasteiger partial charge in [-0.1, -0.05) is 19.8 Å². The maximum Gasteiger partial charge on any atom is 0.334 e. The number of nitrogens with zero attached hydrogens (tertiary/aromatic N) is 3. The molecule has 2 aromatic heterocycles. The Labute approximate surface area is 134 Å². The number of rotatable bonds is 6. The minimum absolute atomic E-state index is 0.0222. The van der Waals surface area contributed by atoms with Gasteiger partial charge in [0.1, 0.15) is 18.1 Å². The normalized spacial score (nSPS) is 15.7.